The van der Waals surface area contributed by atoms with Crippen LogP contribution >= 0.6 is 0 Å². The fraction of sp³-hybridized carbons (Fsp3) is 0.241. The predicted molar refractivity (Wildman–Crippen MR) is 138 cm³/mol. The van der Waals surface area contributed by atoms with E-state index in [1.54, 1.807) is 55.5 Å². The number of alkyl halides is 3. The number of rotatable bonds is 8. The summed E-state index contributed by atoms with van der Waals surface area (Å²) in [5.74, 6) is -1.03. The molecule has 0 amide bonds. The van der Waals surface area contributed by atoms with Crippen LogP contribution in [-0.4, -0.2) is 40.6 Å². The fourth-order valence-corrected chi connectivity index (χ4v) is 4.27. The Morgan fingerprint density at radius 3 is 2.15 bits per heavy atom. The summed E-state index contributed by atoms with van der Waals surface area (Å²) in [6.07, 6.45) is -4.65. The molecule has 4 rings (SSSR count). The standard InChI is InChI=1S/C29H26F3NO6/c1-17-23(15-18-6-5-7-21(14-18)38-28(2,3)27(35)36)24-16-22(39-29(30,31)32)12-13-25(24)33(17)26(34)19-8-10-20(37-4)11-9-19/h5-14,16H,15H2,1-4H3,(H,35,36). The number of hydrogen-bond donors (Lipinski definition) is 1. The molecule has 0 radical (unpaired) electrons. The van der Waals surface area contributed by atoms with Gasteiger partial charge in [0.1, 0.15) is 17.2 Å². The molecule has 4 aromatic rings. The van der Waals surface area contributed by atoms with Crippen molar-refractivity contribution in [2.24, 2.45) is 0 Å². The minimum absolute atomic E-state index is 0.228. The Balaban J connectivity index is 1.81. The van der Waals surface area contributed by atoms with Gasteiger partial charge in [-0.1, -0.05) is 12.1 Å². The molecular weight excluding hydrogens is 515 g/mol. The van der Waals surface area contributed by atoms with Crippen molar-refractivity contribution in [1.82, 2.24) is 4.57 Å². The first-order valence-corrected chi connectivity index (χ1v) is 11.9. The summed E-state index contributed by atoms with van der Waals surface area (Å²) in [6.45, 7) is 4.56. The van der Waals surface area contributed by atoms with Crippen molar-refractivity contribution in [3.05, 3.63) is 89.1 Å². The van der Waals surface area contributed by atoms with E-state index in [1.807, 2.05) is 0 Å². The van der Waals surface area contributed by atoms with Crippen molar-refractivity contribution in [1.29, 1.82) is 0 Å². The van der Waals surface area contributed by atoms with E-state index in [0.29, 0.717) is 44.8 Å². The minimum atomic E-state index is -4.88. The van der Waals surface area contributed by atoms with Gasteiger partial charge in [-0.2, -0.15) is 0 Å². The summed E-state index contributed by atoms with van der Waals surface area (Å²) in [5, 5.41) is 9.80. The lowest BCUT2D eigenvalue weighted by Gasteiger charge is -2.21. The quantitative estimate of drug-likeness (QED) is 0.279. The van der Waals surface area contributed by atoms with E-state index in [4.69, 9.17) is 9.47 Å². The maximum atomic E-state index is 13.6. The molecule has 0 aliphatic heterocycles. The number of halogens is 3. The second kappa shape index (κ2) is 10.4. The highest BCUT2D eigenvalue weighted by molar-refractivity contribution is 6.04. The summed E-state index contributed by atoms with van der Waals surface area (Å²) < 4.78 is 55.3. The van der Waals surface area contributed by atoms with E-state index >= 15 is 0 Å². The van der Waals surface area contributed by atoms with E-state index in [0.717, 1.165) is 0 Å². The van der Waals surface area contributed by atoms with Crippen molar-refractivity contribution in [3.8, 4) is 17.2 Å². The number of fused-ring (bicyclic) bond motifs is 1. The second-order valence-corrected chi connectivity index (χ2v) is 9.40. The molecule has 0 spiro atoms. The van der Waals surface area contributed by atoms with Gasteiger partial charge < -0.3 is 19.3 Å². The fourth-order valence-electron chi connectivity index (χ4n) is 4.27. The van der Waals surface area contributed by atoms with Crippen molar-refractivity contribution in [3.63, 3.8) is 0 Å². The van der Waals surface area contributed by atoms with Gasteiger partial charge in [0.25, 0.3) is 5.91 Å². The SMILES string of the molecule is COc1ccc(C(=O)n2c(C)c(Cc3cccc(OC(C)(C)C(=O)O)c3)c3cc(OC(F)(F)F)ccc32)cc1. The minimum Gasteiger partial charge on any atom is -0.497 e. The average molecular weight is 542 g/mol. The third kappa shape index (κ3) is 6.00. The number of aliphatic carboxylic acids is 1. The van der Waals surface area contributed by atoms with Crippen LogP contribution in [0.2, 0.25) is 0 Å². The van der Waals surface area contributed by atoms with Gasteiger partial charge in [0.2, 0.25) is 0 Å². The zero-order valence-electron chi connectivity index (χ0n) is 21.6. The first-order chi connectivity index (χ1) is 18.3. The number of ether oxygens (including phenoxy) is 3. The van der Waals surface area contributed by atoms with E-state index in [2.05, 4.69) is 4.74 Å². The third-order valence-corrected chi connectivity index (χ3v) is 6.25. The van der Waals surface area contributed by atoms with Gasteiger partial charge in [0.15, 0.2) is 5.60 Å². The van der Waals surface area contributed by atoms with Crippen LogP contribution in [0.5, 0.6) is 17.2 Å². The van der Waals surface area contributed by atoms with E-state index < -0.39 is 23.7 Å². The van der Waals surface area contributed by atoms with Crippen LogP contribution in [0.15, 0.2) is 66.7 Å². The largest absolute Gasteiger partial charge is 0.573 e. The summed E-state index contributed by atoms with van der Waals surface area (Å²) in [6, 6.07) is 17.1. The number of hydrogen-bond acceptors (Lipinski definition) is 5. The normalized spacial score (nSPS) is 11.9. The predicted octanol–water partition coefficient (Wildman–Crippen LogP) is 6.38. The molecule has 0 aliphatic rings. The van der Waals surface area contributed by atoms with Gasteiger partial charge in [0.05, 0.1) is 12.6 Å². The van der Waals surface area contributed by atoms with Gasteiger partial charge in [0, 0.05) is 16.6 Å². The van der Waals surface area contributed by atoms with E-state index in [-0.39, 0.29) is 12.3 Å². The number of carbonyl (C=O) groups excluding carboxylic acids is 1. The van der Waals surface area contributed by atoms with Gasteiger partial charge in [-0.3, -0.25) is 9.36 Å². The maximum absolute atomic E-state index is 13.6. The molecule has 1 aromatic heterocycles. The van der Waals surface area contributed by atoms with Crippen LogP contribution in [0, 0.1) is 6.92 Å². The number of carbonyl (C=O) groups is 2. The molecule has 1 N–H and O–H groups in total. The average Bonchev–Trinajstić information content (AvgIpc) is 3.13. The topological polar surface area (TPSA) is 87.0 Å². The Bertz CT molecular complexity index is 1540. The lowest BCUT2D eigenvalue weighted by atomic mass is 10.0. The number of nitrogens with zero attached hydrogens (tertiary/aromatic N) is 1. The zero-order valence-corrected chi connectivity index (χ0v) is 21.6. The highest BCUT2D eigenvalue weighted by Crippen LogP contribution is 2.34. The summed E-state index contributed by atoms with van der Waals surface area (Å²) in [4.78, 5) is 25.1. The summed E-state index contributed by atoms with van der Waals surface area (Å²) in [5.41, 5.74) is 1.15. The monoisotopic (exact) mass is 541 g/mol. The van der Waals surface area contributed by atoms with Crippen molar-refractivity contribution < 1.29 is 42.1 Å². The molecule has 7 nitrogen and oxygen atoms in total. The lowest BCUT2D eigenvalue weighted by molar-refractivity contribution is -0.274. The van der Waals surface area contributed by atoms with Crippen LogP contribution in [0.4, 0.5) is 13.2 Å². The van der Waals surface area contributed by atoms with Crippen molar-refractivity contribution in [2.75, 3.05) is 7.11 Å². The number of methoxy groups -OCH3 is 1. The molecule has 0 saturated heterocycles. The molecule has 0 bridgehead atoms. The van der Waals surface area contributed by atoms with Crippen molar-refractivity contribution in [2.45, 2.75) is 39.2 Å². The summed E-state index contributed by atoms with van der Waals surface area (Å²) >= 11 is 0. The molecule has 204 valence electrons. The van der Waals surface area contributed by atoms with Crippen LogP contribution in [0.25, 0.3) is 10.9 Å². The molecule has 10 heteroatoms. The van der Waals surface area contributed by atoms with Crippen LogP contribution in [-0.2, 0) is 11.2 Å². The molecule has 0 saturated carbocycles. The number of carboxylic acids is 1. The molecule has 0 atom stereocenters. The number of benzene rings is 3. The molecule has 3 aromatic carbocycles. The molecule has 39 heavy (non-hydrogen) atoms. The first-order valence-electron chi connectivity index (χ1n) is 11.9. The number of aromatic nitrogens is 1. The second-order valence-electron chi connectivity index (χ2n) is 9.40. The van der Waals surface area contributed by atoms with Gasteiger partial charge in [-0.25, -0.2) is 4.79 Å². The Morgan fingerprint density at radius 1 is 0.897 bits per heavy atom. The van der Waals surface area contributed by atoms with Gasteiger partial charge in [-0.15, -0.1) is 13.2 Å². The Morgan fingerprint density at radius 2 is 1.54 bits per heavy atom. The Labute approximate surface area is 222 Å². The molecule has 0 fully saturated rings. The Hall–Kier alpha value is -4.47. The first kappa shape index (κ1) is 27.6. The molecule has 0 unspecified atom stereocenters. The van der Waals surface area contributed by atoms with Crippen LogP contribution in [0.3, 0.4) is 0 Å². The van der Waals surface area contributed by atoms with E-state index in [1.165, 1.54) is 43.7 Å². The van der Waals surface area contributed by atoms with Gasteiger partial charge >= 0.3 is 12.3 Å². The summed E-state index contributed by atoms with van der Waals surface area (Å²) in [7, 11) is 1.51. The maximum Gasteiger partial charge on any atom is 0.573 e. The zero-order chi connectivity index (χ0) is 28.5. The molecule has 1 heterocycles. The highest BCUT2D eigenvalue weighted by atomic mass is 19.4. The Kier molecular flexibility index (Phi) is 7.32. The molecule has 0 aliphatic carbocycles. The third-order valence-electron chi connectivity index (χ3n) is 6.25. The van der Waals surface area contributed by atoms with E-state index in [9.17, 15) is 27.9 Å². The van der Waals surface area contributed by atoms with Crippen LogP contribution < -0.4 is 14.2 Å². The van der Waals surface area contributed by atoms with Crippen LogP contribution in [0.1, 0.15) is 41.0 Å². The number of carboxylic acid groups (broad SMARTS) is 1. The lowest BCUT2D eigenvalue weighted by Crippen LogP contribution is -2.37. The molecular formula is C29H26F3NO6. The smallest absolute Gasteiger partial charge is 0.497 e. The van der Waals surface area contributed by atoms with Crippen molar-refractivity contribution >= 4 is 22.8 Å². The highest BCUT2D eigenvalue weighted by Gasteiger charge is 2.32. The van der Waals surface area contributed by atoms with Gasteiger partial charge in [-0.05, 0) is 92.9 Å².